The summed E-state index contributed by atoms with van der Waals surface area (Å²) in [6, 6.07) is 15.8. The second-order valence-corrected chi connectivity index (χ2v) is 3.72. The Kier molecular flexibility index (Phi) is 3.20. The number of para-hydroxylation sites is 2. The molecule has 0 atom stereocenters. The lowest BCUT2D eigenvalue weighted by Gasteiger charge is -2.27. The van der Waals surface area contributed by atoms with E-state index in [9.17, 15) is 12.9 Å². The summed E-state index contributed by atoms with van der Waals surface area (Å²) in [5, 5.41) is 0. The molecule has 0 saturated carbocycles. The van der Waals surface area contributed by atoms with Crippen LogP contribution in [0.2, 0.25) is 0 Å². The summed E-state index contributed by atoms with van der Waals surface area (Å²) in [6.45, 7) is 0. The van der Waals surface area contributed by atoms with Gasteiger partial charge < -0.3 is 17.8 Å². The molecule has 5 heteroatoms. The molecule has 0 saturated heterocycles. The van der Waals surface area contributed by atoms with E-state index in [1.807, 2.05) is 0 Å². The van der Waals surface area contributed by atoms with Crippen LogP contribution in [0, 0.1) is 0 Å². The monoisotopic (exact) mass is 237 g/mol. The Labute approximate surface area is 97.6 Å². The van der Waals surface area contributed by atoms with Gasteiger partial charge in [-0.15, -0.1) is 0 Å². The molecule has 0 aromatic heterocycles. The van der Waals surface area contributed by atoms with Gasteiger partial charge >= 0.3 is 7.11 Å². The highest BCUT2D eigenvalue weighted by Crippen LogP contribution is 2.13. The minimum atomic E-state index is -5.03. The molecule has 0 radical (unpaired) electrons. The van der Waals surface area contributed by atoms with Crippen molar-refractivity contribution in [3.05, 3.63) is 60.7 Å². The number of nitrogens with one attached hydrogen (secondary N) is 1. The number of hydrogen-bond donors (Lipinski definition) is 1. The largest absolute Gasteiger partial charge is 0.741 e. The van der Waals surface area contributed by atoms with Crippen molar-refractivity contribution < 1.29 is 17.8 Å². The maximum Gasteiger partial charge on any atom is 0.741 e. The quantitative estimate of drug-likeness (QED) is 0.783. The van der Waals surface area contributed by atoms with Crippen molar-refractivity contribution in [2.45, 2.75) is 0 Å². The van der Waals surface area contributed by atoms with E-state index in [-0.39, 0.29) is 11.4 Å². The number of halogens is 3. The zero-order valence-electron chi connectivity index (χ0n) is 8.98. The molecule has 1 nitrogen and oxygen atoms in total. The highest BCUT2D eigenvalue weighted by molar-refractivity contribution is 6.50. The van der Waals surface area contributed by atoms with Crippen LogP contribution in [0.5, 0.6) is 0 Å². The number of hydrogen-bond acceptors (Lipinski definition) is 0. The number of rotatable bonds is 3. The van der Waals surface area contributed by atoms with Crippen LogP contribution >= 0.6 is 0 Å². The van der Waals surface area contributed by atoms with Gasteiger partial charge in [-0.3, -0.25) is 0 Å². The van der Waals surface area contributed by atoms with Gasteiger partial charge in [0.1, 0.15) is 0 Å². The molecule has 0 aliphatic carbocycles. The summed E-state index contributed by atoms with van der Waals surface area (Å²) in [4.78, 5) is -0.536. The van der Waals surface area contributed by atoms with Crippen LogP contribution in [0.4, 0.5) is 24.3 Å². The van der Waals surface area contributed by atoms with Crippen LogP contribution in [0.25, 0.3) is 0 Å². The normalized spacial score (nSPS) is 11.8. The molecule has 2 aromatic rings. The fourth-order valence-corrected chi connectivity index (χ4v) is 1.78. The first kappa shape index (κ1) is 11.7. The van der Waals surface area contributed by atoms with Crippen LogP contribution < -0.4 is 4.81 Å². The van der Waals surface area contributed by atoms with Crippen molar-refractivity contribution >= 4 is 18.5 Å². The Hall–Kier alpha value is -1.75. The molecule has 0 bridgehead atoms. The molecule has 0 spiro atoms. The standard InChI is InChI=1S/C12H11BF3N/c14-13(15,16)17(11-7-3-1-4-8-11)12-9-5-2-6-10-12/h1-10,17H. The van der Waals surface area contributed by atoms with Crippen molar-refractivity contribution in [3.8, 4) is 0 Å². The molecule has 0 fully saturated rings. The molecule has 0 heterocycles. The molecule has 2 rings (SSSR count). The zero-order chi connectivity index (χ0) is 12.3. The summed E-state index contributed by atoms with van der Waals surface area (Å²) >= 11 is 0. The SMILES string of the molecule is F[B-](F)(F)[NH+](c1ccccc1)c1ccccc1. The molecule has 0 aliphatic rings. The first-order valence-electron chi connectivity index (χ1n) is 5.26. The molecular formula is C12H11BF3N. The number of benzene rings is 2. The van der Waals surface area contributed by atoms with Gasteiger partial charge in [0.15, 0.2) is 0 Å². The van der Waals surface area contributed by atoms with E-state index in [0.717, 1.165) is 0 Å². The third-order valence-corrected chi connectivity index (χ3v) is 2.50. The van der Waals surface area contributed by atoms with Crippen molar-refractivity contribution in [2.24, 2.45) is 0 Å². The summed E-state index contributed by atoms with van der Waals surface area (Å²) in [5.74, 6) is 0. The first-order chi connectivity index (χ1) is 8.09. The summed E-state index contributed by atoms with van der Waals surface area (Å²) < 4.78 is 39.4. The van der Waals surface area contributed by atoms with Gasteiger partial charge in [-0.1, -0.05) is 36.4 Å². The lowest BCUT2D eigenvalue weighted by molar-refractivity contribution is -0.666. The van der Waals surface area contributed by atoms with E-state index >= 15 is 0 Å². The average Bonchev–Trinajstić information content (AvgIpc) is 2.30. The van der Waals surface area contributed by atoms with Gasteiger partial charge in [0.2, 0.25) is 0 Å². The topological polar surface area (TPSA) is 4.44 Å². The van der Waals surface area contributed by atoms with E-state index in [4.69, 9.17) is 0 Å². The van der Waals surface area contributed by atoms with Crippen molar-refractivity contribution in [1.82, 2.24) is 0 Å². The maximum atomic E-state index is 13.1. The highest BCUT2D eigenvalue weighted by Gasteiger charge is 2.43. The van der Waals surface area contributed by atoms with E-state index in [0.29, 0.717) is 0 Å². The first-order valence-corrected chi connectivity index (χ1v) is 5.26. The highest BCUT2D eigenvalue weighted by atomic mass is 19.4. The predicted molar refractivity (Wildman–Crippen MR) is 62.2 cm³/mol. The van der Waals surface area contributed by atoms with Crippen LogP contribution in [0.1, 0.15) is 0 Å². The molecule has 88 valence electrons. The predicted octanol–water partition coefficient (Wildman–Crippen LogP) is 2.88. The lowest BCUT2D eigenvalue weighted by atomic mass is 10.0. The molecule has 0 unspecified atom stereocenters. The van der Waals surface area contributed by atoms with Crippen molar-refractivity contribution in [2.75, 3.05) is 0 Å². The Morgan fingerprint density at radius 1 is 0.647 bits per heavy atom. The fourth-order valence-electron chi connectivity index (χ4n) is 1.78. The second-order valence-electron chi connectivity index (χ2n) is 3.72. The molecule has 1 N–H and O–H groups in total. The molecule has 2 aromatic carbocycles. The Balaban J connectivity index is 2.48. The van der Waals surface area contributed by atoms with E-state index in [2.05, 4.69) is 0 Å². The van der Waals surface area contributed by atoms with Gasteiger partial charge in [-0.25, -0.2) is 0 Å². The van der Waals surface area contributed by atoms with E-state index in [1.54, 1.807) is 36.4 Å². The average molecular weight is 237 g/mol. The van der Waals surface area contributed by atoms with Crippen LogP contribution in [0.15, 0.2) is 60.7 Å². The minimum absolute atomic E-state index is 0.214. The summed E-state index contributed by atoms with van der Waals surface area (Å²) in [6.07, 6.45) is 0. The van der Waals surface area contributed by atoms with Crippen molar-refractivity contribution in [1.29, 1.82) is 0 Å². The van der Waals surface area contributed by atoms with Gasteiger partial charge in [0.05, 0.1) is 11.4 Å². The lowest BCUT2D eigenvalue weighted by Crippen LogP contribution is -3.12. The Morgan fingerprint density at radius 2 is 1.00 bits per heavy atom. The second kappa shape index (κ2) is 4.63. The smallest absolute Gasteiger partial charge is 0.387 e. The number of quaternary nitrogens is 1. The molecule has 0 amide bonds. The zero-order valence-corrected chi connectivity index (χ0v) is 8.98. The third kappa shape index (κ3) is 2.68. The summed E-state index contributed by atoms with van der Waals surface area (Å²) in [7, 11) is -5.03. The molecule has 0 aliphatic heterocycles. The van der Waals surface area contributed by atoms with E-state index < -0.39 is 11.9 Å². The molecule has 17 heavy (non-hydrogen) atoms. The fraction of sp³-hybridized carbons (Fsp3) is 0. The van der Waals surface area contributed by atoms with Crippen LogP contribution in [0.3, 0.4) is 0 Å². The van der Waals surface area contributed by atoms with Gasteiger partial charge in [-0.2, -0.15) is 0 Å². The Morgan fingerprint density at radius 3 is 1.29 bits per heavy atom. The van der Waals surface area contributed by atoms with Crippen LogP contribution in [-0.2, 0) is 0 Å². The molecular weight excluding hydrogens is 226 g/mol. The van der Waals surface area contributed by atoms with Gasteiger partial charge in [0.25, 0.3) is 0 Å². The van der Waals surface area contributed by atoms with Crippen LogP contribution in [-0.4, -0.2) is 7.11 Å². The van der Waals surface area contributed by atoms with Gasteiger partial charge in [-0.05, 0) is 24.3 Å². The van der Waals surface area contributed by atoms with Gasteiger partial charge in [0, 0.05) is 0 Å². The summed E-state index contributed by atoms with van der Waals surface area (Å²) in [5.41, 5.74) is 0.428. The third-order valence-electron chi connectivity index (χ3n) is 2.50. The van der Waals surface area contributed by atoms with Crippen molar-refractivity contribution in [3.63, 3.8) is 0 Å². The minimum Gasteiger partial charge on any atom is -0.387 e. The Bertz CT molecular complexity index is 431. The van der Waals surface area contributed by atoms with E-state index in [1.165, 1.54) is 24.3 Å². The maximum absolute atomic E-state index is 13.1.